The van der Waals surface area contributed by atoms with Gasteiger partial charge in [-0.25, -0.2) is 0 Å². The molecule has 0 saturated heterocycles. The zero-order valence-corrected chi connectivity index (χ0v) is 16.8. The van der Waals surface area contributed by atoms with Crippen molar-refractivity contribution >= 4 is 21.6 Å². The summed E-state index contributed by atoms with van der Waals surface area (Å²) in [6.45, 7) is 2.09. The van der Waals surface area contributed by atoms with Gasteiger partial charge in [0.25, 0.3) is 0 Å². The number of halogens is 1. The van der Waals surface area contributed by atoms with E-state index in [4.69, 9.17) is 0 Å². The van der Waals surface area contributed by atoms with Gasteiger partial charge in [-0.15, -0.1) is 0 Å². The lowest BCUT2D eigenvalue weighted by molar-refractivity contribution is 0.317. The van der Waals surface area contributed by atoms with Crippen LogP contribution < -0.4 is 5.56 Å². The SMILES string of the molecule is Cc1ccccc1C(C/C(=N/O)c1ccc(=O)n(C)c1)c1ccc(Br)cc1. The molecule has 3 aromatic rings. The maximum absolute atomic E-state index is 11.7. The first-order chi connectivity index (χ1) is 13.0. The molecule has 0 spiro atoms. The second-order valence-electron chi connectivity index (χ2n) is 6.58. The van der Waals surface area contributed by atoms with Crippen LogP contribution in [0.15, 0.2) is 81.3 Å². The Hall–Kier alpha value is -2.66. The number of pyridine rings is 1. The van der Waals surface area contributed by atoms with Crippen molar-refractivity contribution in [3.63, 3.8) is 0 Å². The van der Waals surface area contributed by atoms with Crippen LogP contribution in [0.5, 0.6) is 0 Å². The molecule has 1 unspecified atom stereocenters. The molecule has 0 radical (unpaired) electrons. The third kappa shape index (κ3) is 4.37. The van der Waals surface area contributed by atoms with Crippen LogP contribution >= 0.6 is 15.9 Å². The number of hydrogen-bond donors (Lipinski definition) is 1. The fourth-order valence-electron chi connectivity index (χ4n) is 3.25. The highest BCUT2D eigenvalue weighted by Gasteiger charge is 2.20. The van der Waals surface area contributed by atoms with Crippen molar-refractivity contribution < 1.29 is 5.21 Å². The Morgan fingerprint density at radius 3 is 2.44 bits per heavy atom. The molecule has 0 aliphatic carbocycles. The maximum atomic E-state index is 11.7. The first-order valence-corrected chi connectivity index (χ1v) is 9.48. The molecule has 5 heteroatoms. The summed E-state index contributed by atoms with van der Waals surface area (Å²) >= 11 is 3.49. The van der Waals surface area contributed by atoms with E-state index in [1.807, 2.05) is 24.3 Å². The average molecular weight is 425 g/mol. The zero-order valence-electron chi connectivity index (χ0n) is 15.3. The van der Waals surface area contributed by atoms with Gasteiger partial charge in [-0.1, -0.05) is 57.5 Å². The summed E-state index contributed by atoms with van der Waals surface area (Å²) in [5, 5.41) is 13.2. The van der Waals surface area contributed by atoms with Crippen molar-refractivity contribution in [3.8, 4) is 0 Å². The number of aryl methyl sites for hydroxylation is 2. The molecule has 0 amide bonds. The van der Waals surface area contributed by atoms with Crippen LogP contribution in [0, 0.1) is 6.92 Å². The van der Waals surface area contributed by atoms with Gasteiger partial charge in [0.05, 0.1) is 5.71 Å². The predicted molar refractivity (Wildman–Crippen MR) is 112 cm³/mol. The summed E-state index contributed by atoms with van der Waals surface area (Å²) in [5.41, 5.74) is 4.68. The van der Waals surface area contributed by atoms with E-state index in [9.17, 15) is 10.0 Å². The number of hydrogen-bond acceptors (Lipinski definition) is 3. The molecule has 0 aliphatic heterocycles. The predicted octanol–water partition coefficient (Wildman–Crippen LogP) is 4.86. The minimum Gasteiger partial charge on any atom is -0.411 e. The summed E-state index contributed by atoms with van der Waals surface area (Å²) < 4.78 is 2.51. The number of nitrogens with zero attached hydrogens (tertiary/aromatic N) is 2. The quantitative estimate of drug-likeness (QED) is 0.361. The molecule has 1 aromatic heterocycles. The van der Waals surface area contributed by atoms with Gasteiger partial charge in [0, 0.05) is 41.7 Å². The second kappa shape index (κ2) is 8.35. The highest BCUT2D eigenvalue weighted by Crippen LogP contribution is 2.32. The minimum atomic E-state index is -0.0978. The topological polar surface area (TPSA) is 54.6 Å². The molecule has 138 valence electrons. The molecule has 0 fully saturated rings. The fraction of sp³-hybridized carbons (Fsp3) is 0.182. The zero-order chi connectivity index (χ0) is 19.4. The van der Waals surface area contributed by atoms with Crippen molar-refractivity contribution in [3.05, 3.63) is 104 Å². The van der Waals surface area contributed by atoms with Crippen molar-refractivity contribution in [1.29, 1.82) is 0 Å². The Balaban J connectivity index is 2.04. The molecular weight excluding hydrogens is 404 g/mol. The average Bonchev–Trinajstić information content (AvgIpc) is 2.67. The Morgan fingerprint density at radius 1 is 1.11 bits per heavy atom. The molecule has 0 bridgehead atoms. The standard InChI is InChI=1S/C22H21BrN2O2/c1-15-5-3-4-6-19(15)20(16-7-10-18(23)11-8-16)13-21(24-27)17-9-12-22(26)25(2)14-17/h3-12,14,20,27H,13H2,1-2H3/b24-21-. The number of aromatic nitrogens is 1. The van der Waals surface area contributed by atoms with Crippen LogP contribution in [0.1, 0.15) is 34.6 Å². The van der Waals surface area contributed by atoms with Gasteiger partial charge in [-0.3, -0.25) is 4.79 Å². The molecule has 2 aromatic carbocycles. The molecule has 4 nitrogen and oxygen atoms in total. The monoisotopic (exact) mass is 424 g/mol. The highest BCUT2D eigenvalue weighted by molar-refractivity contribution is 9.10. The third-order valence-corrected chi connectivity index (χ3v) is 5.30. The summed E-state index contributed by atoms with van der Waals surface area (Å²) in [4.78, 5) is 11.7. The Bertz CT molecular complexity index is 1020. The lowest BCUT2D eigenvalue weighted by Gasteiger charge is -2.21. The number of benzene rings is 2. The Morgan fingerprint density at radius 2 is 1.81 bits per heavy atom. The van der Waals surface area contributed by atoms with E-state index in [2.05, 4.69) is 52.3 Å². The van der Waals surface area contributed by atoms with Crippen LogP contribution in [0.3, 0.4) is 0 Å². The molecule has 1 N–H and O–H groups in total. The van der Waals surface area contributed by atoms with E-state index in [-0.39, 0.29) is 11.5 Å². The summed E-state index contributed by atoms with van der Waals surface area (Å²) in [5.74, 6) is 0.0300. The lowest BCUT2D eigenvalue weighted by Crippen LogP contribution is -2.18. The van der Waals surface area contributed by atoms with Crippen LogP contribution in [0.4, 0.5) is 0 Å². The number of rotatable bonds is 5. The van der Waals surface area contributed by atoms with E-state index >= 15 is 0 Å². The summed E-state index contributed by atoms with van der Waals surface area (Å²) in [6.07, 6.45) is 2.22. The Kier molecular flexibility index (Phi) is 5.91. The maximum Gasteiger partial charge on any atom is 0.250 e. The first-order valence-electron chi connectivity index (χ1n) is 8.68. The van der Waals surface area contributed by atoms with Crippen LogP contribution in [-0.4, -0.2) is 15.5 Å². The van der Waals surface area contributed by atoms with Crippen molar-refractivity contribution in [2.45, 2.75) is 19.3 Å². The smallest absolute Gasteiger partial charge is 0.250 e. The molecule has 0 saturated carbocycles. The summed E-state index contributed by atoms with van der Waals surface area (Å²) in [7, 11) is 1.69. The molecule has 1 atom stereocenters. The minimum absolute atomic E-state index is 0.0300. The number of oxime groups is 1. The fourth-order valence-corrected chi connectivity index (χ4v) is 3.52. The third-order valence-electron chi connectivity index (χ3n) is 4.77. The van der Waals surface area contributed by atoms with E-state index < -0.39 is 0 Å². The van der Waals surface area contributed by atoms with E-state index in [0.29, 0.717) is 12.1 Å². The van der Waals surface area contributed by atoms with Crippen molar-refractivity contribution in [1.82, 2.24) is 4.57 Å². The van der Waals surface area contributed by atoms with Crippen LogP contribution in [0.25, 0.3) is 0 Å². The largest absolute Gasteiger partial charge is 0.411 e. The van der Waals surface area contributed by atoms with Gasteiger partial charge in [0.15, 0.2) is 0 Å². The second-order valence-corrected chi connectivity index (χ2v) is 7.49. The van der Waals surface area contributed by atoms with Gasteiger partial charge >= 0.3 is 0 Å². The van der Waals surface area contributed by atoms with Crippen LogP contribution in [0.2, 0.25) is 0 Å². The van der Waals surface area contributed by atoms with Gasteiger partial charge < -0.3 is 9.77 Å². The van der Waals surface area contributed by atoms with Gasteiger partial charge in [-0.05, 0) is 41.8 Å². The first kappa shape index (κ1) is 19.1. The van der Waals surface area contributed by atoms with Gasteiger partial charge in [-0.2, -0.15) is 0 Å². The highest BCUT2D eigenvalue weighted by atomic mass is 79.9. The van der Waals surface area contributed by atoms with Gasteiger partial charge in [0.1, 0.15) is 0 Å². The van der Waals surface area contributed by atoms with E-state index in [0.717, 1.165) is 15.6 Å². The Labute approximate surface area is 166 Å². The van der Waals surface area contributed by atoms with Gasteiger partial charge in [0.2, 0.25) is 5.56 Å². The van der Waals surface area contributed by atoms with Crippen molar-refractivity contribution in [2.75, 3.05) is 0 Å². The normalized spacial score (nSPS) is 12.8. The van der Waals surface area contributed by atoms with Crippen LogP contribution in [-0.2, 0) is 7.05 Å². The molecule has 27 heavy (non-hydrogen) atoms. The lowest BCUT2D eigenvalue weighted by atomic mass is 9.83. The molecular formula is C22H21BrN2O2. The molecule has 3 rings (SSSR count). The molecule has 1 heterocycles. The summed E-state index contributed by atoms with van der Waals surface area (Å²) in [6, 6.07) is 19.6. The van der Waals surface area contributed by atoms with E-state index in [1.165, 1.54) is 21.8 Å². The molecule has 0 aliphatic rings. The van der Waals surface area contributed by atoms with E-state index in [1.54, 1.807) is 19.3 Å². The van der Waals surface area contributed by atoms with Crippen molar-refractivity contribution in [2.24, 2.45) is 12.2 Å².